The van der Waals surface area contributed by atoms with E-state index in [1.54, 1.807) is 24.5 Å². The van der Waals surface area contributed by atoms with Crippen LogP contribution >= 0.6 is 11.6 Å². The van der Waals surface area contributed by atoms with Crippen molar-refractivity contribution in [3.05, 3.63) is 64.7 Å². The Morgan fingerprint density at radius 2 is 2.12 bits per heavy atom. The van der Waals surface area contributed by atoms with Crippen LogP contribution in [0.2, 0.25) is 5.02 Å². The summed E-state index contributed by atoms with van der Waals surface area (Å²) in [6.07, 6.45) is 5.51. The summed E-state index contributed by atoms with van der Waals surface area (Å²) >= 11 is 6.21. The van der Waals surface area contributed by atoms with Gasteiger partial charge in [-0.15, -0.1) is 0 Å². The molecule has 1 aromatic carbocycles. The third kappa shape index (κ3) is 3.60. The first-order valence-electron chi connectivity index (χ1n) is 8.97. The largest absolute Gasteiger partial charge is 0.337 e. The number of amides is 1. The molecule has 2 aromatic rings. The number of hydrogen-bond donors (Lipinski definition) is 0. The zero-order valence-corrected chi connectivity index (χ0v) is 15.2. The lowest BCUT2D eigenvalue weighted by Gasteiger charge is -2.36. The van der Waals surface area contributed by atoms with Gasteiger partial charge in [0.25, 0.3) is 5.91 Å². The number of pyridine rings is 1. The maximum atomic E-state index is 13.3. The van der Waals surface area contributed by atoms with E-state index in [4.69, 9.17) is 11.6 Å². The Morgan fingerprint density at radius 1 is 1.23 bits per heavy atom. The van der Waals surface area contributed by atoms with E-state index in [1.165, 1.54) is 12.1 Å². The summed E-state index contributed by atoms with van der Waals surface area (Å²) in [7, 11) is 0. The van der Waals surface area contributed by atoms with Gasteiger partial charge in [0, 0.05) is 49.6 Å². The minimum absolute atomic E-state index is 0.0525. The van der Waals surface area contributed by atoms with Gasteiger partial charge in [-0.1, -0.05) is 17.7 Å². The van der Waals surface area contributed by atoms with E-state index in [0.29, 0.717) is 35.6 Å². The molecule has 3 saturated heterocycles. The van der Waals surface area contributed by atoms with Gasteiger partial charge in [-0.3, -0.25) is 14.7 Å². The molecule has 0 unspecified atom stereocenters. The van der Waals surface area contributed by atoms with Gasteiger partial charge >= 0.3 is 0 Å². The van der Waals surface area contributed by atoms with Crippen molar-refractivity contribution >= 4 is 17.5 Å². The smallest absolute Gasteiger partial charge is 0.255 e. The van der Waals surface area contributed by atoms with E-state index < -0.39 is 0 Å². The number of aromatic nitrogens is 1. The van der Waals surface area contributed by atoms with Crippen LogP contribution in [0.25, 0.3) is 0 Å². The first kappa shape index (κ1) is 17.4. The topological polar surface area (TPSA) is 36.4 Å². The lowest BCUT2D eigenvalue weighted by Crippen LogP contribution is -2.44. The van der Waals surface area contributed by atoms with Crippen LogP contribution in [0.5, 0.6) is 0 Å². The van der Waals surface area contributed by atoms with Gasteiger partial charge in [0.1, 0.15) is 5.82 Å². The number of carbonyl (C=O) groups excluding carboxylic acids is 1. The second kappa shape index (κ2) is 7.33. The van der Waals surface area contributed by atoms with E-state index in [0.717, 1.165) is 31.5 Å². The average Bonchev–Trinajstić information content (AvgIpc) is 2.96. The highest BCUT2D eigenvalue weighted by Gasteiger charge is 2.36. The Labute approximate surface area is 157 Å². The lowest BCUT2D eigenvalue weighted by molar-refractivity contribution is 0.0735. The van der Waals surface area contributed by atoms with Crippen LogP contribution in [0.3, 0.4) is 0 Å². The monoisotopic (exact) mass is 373 g/mol. The first-order chi connectivity index (χ1) is 12.6. The Balaban J connectivity index is 1.50. The maximum absolute atomic E-state index is 13.3. The Morgan fingerprint density at radius 3 is 2.88 bits per heavy atom. The Bertz CT molecular complexity index is 801. The molecule has 0 spiro atoms. The van der Waals surface area contributed by atoms with E-state index in [1.807, 2.05) is 11.0 Å². The van der Waals surface area contributed by atoms with E-state index in [2.05, 4.69) is 9.88 Å². The van der Waals surface area contributed by atoms with Crippen LogP contribution in [-0.2, 0) is 6.54 Å². The molecule has 6 heteroatoms. The number of nitrogens with zero attached hydrogens (tertiary/aromatic N) is 3. The molecule has 0 radical (unpaired) electrons. The number of fused-ring (bicyclic) bond motifs is 4. The number of piperidine rings is 1. The summed E-state index contributed by atoms with van der Waals surface area (Å²) in [4.78, 5) is 21.3. The summed E-state index contributed by atoms with van der Waals surface area (Å²) in [6, 6.07) is 8.49. The van der Waals surface area contributed by atoms with Crippen LogP contribution in [-0.4, -0.2) is 46.4 Å². The normalized spacial score (nSPS) is 23.1. The minimum Gasteiger partial charge on any atom is -0.337 e. The maximum Gasteiger partial charge on any atom is 0.255 e. The molecule has 4 nitrogen and oxygen atoms in total. The van der Waals surface area contributed by atoms with Crippen molar-refractivity contribution in [3.8, 4) is 0 Å². The fourth-order valence-corrected chi connectivity index (χ4v) is 4.31. The lowest BCUT2D eigenvalue weighted by atomic mass is 9.94. The first-order valence-corrected chi connectivity index (χ1v) is 9.35. The molecule has 0 N–H and O–H groups in total. The van der Waals surface area contributed by atoms with Crippen molar-refractivity contribution in [2.75, 3.05) is 19.6 Å². The summed E-state index contributed by atoms with van der Waals surface area (Å²) in [5, 5.41) is 0.466. The Kier molecular flexibility index (Phi) is 4.92. The molecule has 0 saturated carbocycles. The average molecular weight is 374 g/mol. The molecule has 2 atom stereocenters. The van der Waals surface area contributed by atoms with E-state index in [9.17, 15) is 9.18 Å². The van der Waals surface area contributed by atoms with Crippen molar-refractivity contribution in [2.24, 2.45) is 5.92 Å². The van der Waals surface area contributed by atoms with Crippen molar-refractivity contribution in [3.63, 3.8) is 0 Å². The number of hydrogen-bond acceptors (Lipinski definition) is 3. The molecular weight excluding hydrogens is 353 g/mol. The standard InChI is InChI=1S/C20H21ClFN3O/c21-19-8-17(22)5-4-16(19)12-24-10-14-3-6-18(24)13-25(11-14)20(26)15-2-1-7-23-9-15/h1-2,4-5,7-9,14,18H,3,6,10-13H2/t14-,18-/m0/s1. The van der Waals surface area contributed by atoms with Crippen molar-refractivity contribution in [1.82, 2.24) is 14.8 Å². The van der Waals surface area contributed by atoms with Crippen molar-refractivity contribution in [2.45, 2.75) is 25.4 Å². The predicted octanol–water partition coefficient (Wildman–Crippen LogP) is 3.61. The minimum atomic E-state index is -0.315. The number of halogens is 2. The summed E-state index contributed by atoms with van der Waals surface area (Å²) in [5.74, 6) is 0.189. The second-order valence-corrected chi connectivity index (χ2v) is 7.62. The molecular formula is C20H21ClFN3O. The third-order valence-corrected chi connectivity index (χ3v) is 5.76. The quantitative estimate of drug-likeness (QED) is 0.824. The molecule has 5 rings (SSSR count). The molecule has 26 heavy (non-hydrogen) atoms. The highest BCUT2D eigenvalue weighted by Crippen LogP contribution is 2.31. The van der Waals surface area contributed by atoms with Gasteiger partial charge < -0.3 is 4.90 Å². The van der Waals surface area contributed by atoms with Crippen molar-refractivity contribution < 1.29 is 9.18 Å². The van der Waals surface area contributed by atoms with Crippen LogP contribution < -0.4 is 0 Å². The molecule has 0 aliphatic carbocycles. The SMILES string of the molecule is O=C(c1cccnc1)N1C[C@H]2CC[C@@H](C1)N(Cc1ccc(F)cc1Cl)C2. The highest BCUT2D eigenvalue weighted by molar-refractivity contribution is 6.31. The summed E-state index contributed by atoms with van der Waals surface area (Å²) < 4.78 is 13.3. The fourth-order valence-electron chi connectivity index (χ4n) is 4.08. The van der Waals surface area contributed by atoms with Crippen LogP contribution in [0.1, 0.15) is 28.8 Å². The van der Waals surface area contributed by atoms with E-state index in [-0.39, 0.29) is 11.7 Å². The highest BCUT2D eigenvalue weighted by atomic mass is 35.5. The molecule has 3 aliphatic heterocycles. The van der Waals surface area contributed by atoms with Gasteiger partial charge in [0.15, 0.2) is 0 Å². The van der Waals surface area contributed by atoms with Crippen LogP contribution in [0.4, 0.5) is 4.39 Å². The van der Waals surface area contributed by atoms with Gasteiger partial charge in [0.2, 0.25) is 0 Å². The Hall–Kier alpha value is -1.98. The molecule has 3 aliphatic rings. The second-order valence-electron chi connectivity index (χ2n) is 7.21. The van der Waals surface area contributed by atoms with Gasteiger partial charge in [-0.25, -0.2) is 4.39 Å². The molecule has 1 aromatic heterocycles. The number of benzene rings is 1. The zero-order chi connectivity index (χ0) is 18.1. The number of rotatable bonds is 3. The molecule has 1 amide bonds. The molecule has 4 heterocycles. The van der Waals surface area contributed by atoms with Crippen molar-refractivity contribution in [1.29, 1.82) is 0 Å². The van der Waals surface area contributed by atoms with E-state index >= 15 is 0 Å². The summed E-state index contributed by atoms with van der Waals surface area (Å²) in [6.45, 7) is 3.12. The fraction of sp³-hybridized carbons (Fsp3) is 0.400. The molecule has 136 valence electrons. The summed E-state index contributed by atoms with van der Waals surface area (Å²) in [5.41, 5.74) is 1.58. The zero-order valence-electron chi connectivity index (χ0n) is 14.4. The van der Waals surface area contributed by atoms with Gasteiger partial charge in [-0.05, 0) is 48.6 Å². The molecule has 2 bridgehead atoms. The third-order valence-electron chi connectivity index (χ3n) is 5.41. The van der Waals surface area contributed by atoms with Gasteiger partial charge in [-0.2, -0.15) is 0 Å². The van der Waals surface area contributed by atoms with Crippen LogP contribution in [0.15, 0.2) is 42.7 Å². The number of carbonyl (C=O) groups is 1. The van der Waals surface area contributed by atoms with Crippen LogP contribution in [0, 0.1) is 11.7 Å². The molecule has 3 fully saturated rings. The predicted molar refractivity (Wildman–Crippen MR) is 98.5 cm³/mol. The van der Waals surface area contributed by atoms with Gasteiger partial charge in [0.05, 0.1) is 5.56 Å².